The van der Waals surface area contributed by atoms with Crippen molar-refractivity contribution < 1.29 is 9.47 Å². The van der Waals surface area contributed by atoms with Crippen molar-refractivity contribution in [1.82, 2.24) is 14.7 Å². The lowest BCUT2D eigenvalue weighted by Gasteiger charge is -2.20. The molecule has 136 valence electrons. The average Bonchev–Trinajstić information content (AvgIpc) is 3.23. The van der Waals surface area contributed by atoms with E-state index in [9.17, 15) is 0 Å². The fourth-order valence-corrected chi connectivity index (χ4v) is 3.46. The van der Waals surface area contributed by atoms with Gasteiger partial charge in [-0.25, -0.2) is 0 Å². The zero-order valence-electron chi connectivity index (χ0n) is 15.6. The van der Waals surface area contributed by atoms with Crippen LogP contribution in [0.3, 0.4) is 0 Å². The molecular weight excluding hydrogens is 314 g/mol. The number of hydrogen-bond donors (Lipinski definition) is 0. The van der Waals surface area contributed by atoms with Crippen LogP contribution in [-0.2, 0) is 13.6 Å². The number of aryl methyl sites for hydroxylation is 1. The summed E-state index contributed by atoms with van der Waals surface area (Å²) in [4.78, 5) is 2.50. The first-order valence-corrected chi connectivity index (χ1v) is 9.29. The summed E-state index contributed by atoms with van der Waals surface area (Å²) in [5.41, 5.74) is 2.56. The molecule has 5 nitrogen and oxygen atoms in total. The second-order valence-corrected chi connectivity index (χ2v) is 6.69. The molecule has 1 atom stereocenters. The van der Waals surface area contributed by atoms with Crippen molar-refractivity contribution in [3.63, 3.8) is 0 Å². The zero-order valence-corrected chi connectivity index (χ0v) is 15.6. The standard InChI is InChI=1S/C20H29N3O2/c1-4-11-25-20-17(7-6-8-19(20)24-5-2)15-23-10-9-16(14-23)18-12-21-22(3)13-18/h6-8,12-13,16H,4-5,9-11,14-15H2,1-3H3. The summed E-state index contributed by atoms with van der Waals surface area (Å²) in [5.74, 6) is 2.34. The van der Waals surface area contributed by atoms with Gasteiger partial charge in [-0.1, -0.05) is 19.1 Å². The monoisotopic (exact) mass is 343 g/mol. The molecule has 2 aromatic rings. The van der Waals surface area contributed by atoms with E-state index in [0.29, 0.717) is 12.5 Å². The summed E-state index contributed by atoms with van der Waals surface area (Å²) in [5, 5.41) is 4.31. The summed E-state index contributed by atoms with van der Waals surface area (Å²) < 4.78 is 13.7. The minimum atomic E-state index is 0.573. The summed E-state index contributed by atoms with van der Waals surface area (Å²) in [6, 6.07) is 6.22. The Morgan fingerprint density at radius 2 is 2.12 bits per heavy atom. The molecule has 0 amide bonds. The summed E-state index contributed by atoms with van der Waals surface area (Å²) in [7, 11) is 1.98. The first-order chi connectivity index (χ1) is 12.2. The van der Waals surface area contributed by atoms with Gasteiger partial charge in [0, 0.05) is 37.8 Å². The van der Waals surface area contributed by atoms with Crippen LogP contribution in [-0.4, -0.2) is 41.0 Å². The van der Waals surface area contributed by atoms with Crippen molar-refractivity contribution in [3.05, 3.63) is 41.7 Å². The highest BCUT2D eigenvalue weighted by Crippen LogP contribution is 2.34. The second kappa shape index (κ2) is 8.39. The van der Waals surface area contributed by atoms with Crippen molar-refractivity contribution in [2.75, 3.05) is 26.3 Å². The number of likely N-dealkylation sites (tertiary alicyclic amines) is 1. The smallest absolute Gasteiger partial charge is 0.165 e. The molecule has 1 aromatic carbocycles. The van der Waals surface area contributed by atoms with Crippen LogP contribution in [0.25, 0.3) is 0 Å². The van der Waals surface area contributed by atoms with Crippen molar-refractivity contribution in [2.24, 2.45) is 7.05 Å². The van der Waals surface area contributed by atoms with Crippen LogP contribution in [0.2, 0.25) is 0 Å². The maximum atomic E-state index is 6.03. The van der Waals surface area contributed by atoms with Crippen molar-refractivity contribution in [3.8, 4) is 11.5 Å². The fourth-order valence-electron chi connectivity index (χ4n) is 3.46. The van der Waals surface area contributed by atoms with Gasteiger partial charge >= 0.3 is 0 Å². The molecule has 1 fully saturated rings. The third kappa shape index (κ3) is 4.34. The maximum absolute atomic E-state index is 6.03. The minimum absolute atomic E-state index is 0.573. The number of aromatic nitrogens is 2. The Kier molecular flexibility index (Phi) is 5.97. The predicted octanol–water partition coefficient (Wildman–Crippen LogP) is 3.60. The molecule has 0 aliphatic carbocycles. The lowest BCUT2D eigenvalue weighted by Crippen LogP contribution is -2.20. The van der Waals surface area contributed by atoms with E-state index >= 15 is 0 Å². The van der Waals surface area contributed by atoms with Crippen molar-refractivity contribution in [1.29, 1.82) is 0 Å². The minimum Gasteiger partial charge on any atom is -0.490 e. The van der Waals surface area contributed by atoms with Crippen molar-refractivity contribution >= 4 is 0 Å². The normalized spacial score (nSPS) is 17.8. The van der Waals surface area contributed by atoms with Gasteiger partial charge in [0.2, 0.25) is 0 Å². The number of para-hydroxylation sites is 1. The van der Waals surface area contributed by atoms with E-state index in [2.05, 4.69) is 35.3 Å². The number of nitrogens with zero attached hydrogens (tertiary/aromatic N) is 3. The second-order valence-electron chi connectivity index (χ2n) is 6.69. The van der Waals surface area contributed by atoms with Gasteiger partial charge in [0.15, 0.2) is 11.5 Å². The van der Waals surface area contributed by atoms with E-state index in [1.807, 2.05) is 30.9 Å². The summed E-state index contributed by atoms with van der Waals surface area (Å²) in [6.45, 7) is 8.57. The van der Waals surface area contributed by atoms with Gasteiger partial charge in [-0.15, -0.1) is 0 Å². The van der Waals surface area contributed by atoms with Gasteiger partial charge in [0.25, 0.3) is 0 Å². The van der Waals surface area contributed by atoms with E-state index in [-0.39, 0.29) is 0 Å². The van der Waals surface area contributed by atoms with Gasteiger partial charge in [0.1, 0.15) is 0 Å². The van der Waals surface area contributed by atoms with Gasteiger partial charge in [-0.05, 0) is 37.9 Å². The van der Waals surface area contributed by atoms with E-state index in [0.717, 1.165) is 44.2 Å². The number of rotatable bonds is 8. The van der Waals surface area contributed by atoms with Crippen LogP contribution in [0.4, 0.5) is 0 Å². The third-order valence-corrected chi connectivity index (χ3v) is 4.67. The molecule has 2 heterocycles. The van der Waals surface area contributed by atoms with Crippen LogP contribution in [0.1, 0.15) is 43.7 Å². The Morgan fingerprint density at radius 3 is 2.84 bits per heavy atom. The zero-order chi connectivity index (χ0) is 17.6. The molecule has 5 heteroatoms. The van der Waals surface area contributed by atoms with Crippen LogP contribution < -0.4 is 9.47 Å². The molecule has 0 saturated carbocycles. The van der Waals surface area contributed by atoms with Gasteiger partial charge < -0.3 is 9.47 Å². The molecule has 0 N–H and O–H groups in total. The number of benzene rings is 1. The highest BCUT2D eigenvalue weighted by atomic mass is 16.5. The Morgan fingerprint density at radius 1 is 1.24 bits per heavy atom. The molecule has 3 rings (SSSR count). The highest BCUT2D eigenvalue weighted by Gasteiger charge is 2.26. The lowest BCUT2D eigenvalue weighted by atomic mass is 10.0. The predicted molar refractivity (Wildman–Crippen MR) is 99.2 cm³/mol. The molecule has 0 radical (unpaired) electrons. The van der Waals surface area contributed by atoms with E-state index in [1.54, 1.807) is 0 Å². The molecule has 1 aromatic heterocycles. The van der Waals surface area contributed by atoms with Crippen LogP contribution in [0.5, 0.6) is 11.5 Å². The molecule has 0 spiro atoms. The molecule has 0 bridgehead atoms. The van der Waals surface area contributed by atoms with E-state index < -0.39 is 0 Å². The Hall–Kier alpha value is -2.01. The first kappa shape index (κ1) is 17.8. The molecule has 1 aliphatic rings. The van der Waals surface area contributed by atoms with Crippen LogP contribution in [0, 0.1) is 0 Å². The van der Waals surface area contributed by atoms with Gasteiger partial charge in [-0.2, -0.15) is 5.10 Å². The van der Waals surface area contributed by atoms with E-state index in [1.165, 1.54) is 17.5 Å². The molecule has 25 heavy (non-hydrogen) atoms. The molecule has 1 unspecified atom stereocenters. The third-order valence-electron chi connectivity index (χ3n) is 4.67. The average molecular weight is 343 g/mol. The Balaban J connectivity index is 1.70. The quantitative estimate of drug-likeness (QED) is 0.734. The fraction of sp³-hybridized carbons (Fsp3) is 0.550. The van der Waals surface area contributed by atoms with Crippen LogP contribution >= 0.6 is 0 Å². The topological polar surface area (TPSA) is 39.5 Å². The number of ether oxygens (including phenoxy) is 2. The highest BCUT2D eigenvalue weighted by molar-refractivity contribution is 5.46. The Labute approximate surface area is 150 Å². The summed E-state index contributed by atoms with van der Waals surface area (Å²) >= 11 is 0. The van der Waals surface area contributed by atoms with Gasteiger partial charge in [-0.3, -0.25) is 9.58 Å². The van der Waals surface area contributed by atoms with Crippen LogP contribution in [0.15, 0.2) is 30.6 Å². The molecular formula is C20H29N3O2. The maximum Gasteiger partial charge on any atom is 0.165 e. The molecule has 1 saturated heterocycles. The largest absolute Gasteiger partial charge is 0.490 e. The molecule has 1 aliphatic heterocycles. The van der Waals surface area contributed by atoms with E-state index in [4.69, 9.17) is 9.47 Å². The lowest BCUT2D eigenvalue weighted by molar-refractivity contribution is 0.264. The van der Waals surface area contributed by atoms with Gasteiger partial charge in [0.05, 0.1) is 19.4 Å². The first-order valence-electron chi connectivity index (χ1n) is 9.29. The number of hydrogen-bond acceptors (Lipinski definition) is 4. The Bertz CT molecular complexity index is 683. The van der Waals surface area contributed by atoms with Crippen molar-refractivity contribution in [2.45, 2.75) is 39.2 Å². The SMILES string of the molecule is CCCOc1c(CN2CCC(c3cnn(C)c3)C2)cccc1OCC. The summed E-state index contributed by atoms with van der Waals surface area (Å²) in [6.07, 6.45) is 6.31.